The van der Waals surface area contributed by atoms with Crippen molar-refractivity contribution in [3.63, 3.8) is 0 Å². The first-order chi connectivity index (χ1) is 21.8. The molecule has 0 spiro atoms. The maximum Gasteiger partial charge on any atom is 0.762 e. The van der Waals surface area contributed by atoms with E-state index in [0.29, 0.717) is 0 Å². The Hall–Kier alpha value is -3.72. The molecule has 6 heterocycles. The number of nitrogens with zero attached hydrogens (tertiary/aromatic N) is 6. The molecule has 6 rings (SSSR count). The molecule has 22 heteroatoms. The van der Waals surface area contributed by atoms with Gasteiger partial charge in [0, 0.05) is 97.2 Å². The summed E-state index contributed by atoms with van der Waals surface area (Å²) in [6, 6.07) is 15.8. The van der Waals surface area contributed by atoms with Crippen LogP contribution in [0.1, 0.15) is 13.8 Å². The Balaban J connectivity index is 0. The SMILES string of the molecule is CC(=O)[O-].CC(=O)[O-].FB(F)F.FB(F)F.[Rh].[Rh].c1cnc2nc(-c3nccs3)ccc2c1.c1cnc2nc(-c3nccs3)ccc2c1. The molecule has 48 heavy (non-hydrogen) atoms. The van der Waals surface area contributed by atoms with E-state index in [1.807, 2.05) is 59.3 Å². The van der Waals surface area contributed by atoms with Gasteiger partial charge in [-0.2, -0.15) is 0 Å². The first-order valence-corrected chi connectivity index (χ1v) is 14.0. The number of hydrogen-bond acceptors (Lipinski definition) is 12. The minimum atomic E-state index is -3.67. The molecule has 10 nitrogen and oxygen atoms in total. The van der Waals surface area contributed by atoms with Crippen LogP contribution >= 0.6 is 22.7 Å². The summed E-state index contributed by atoms with van der Waals surface area (Å²) < 4.78 is 58.0. The molecule has 0 amide bonds. The number of fused-ring (bicyclic) bond motifs is 2. The molecule has 6 aromatic heterocycles. The molecule has 0 bridgehead atoms. The van der Waals surface area contributed by atoms with E-state index in [4.69, 9.17) is 19.8 Å². The zero-order valence-corrected chi connectivity index (χ0v) is 29.2. The number of rotatable bonds is 2. The summed E-state index contributed by atoms with van der Waals surface area (Å²) in [5.74, 6) is -2.17. The van der Waals surface area contributed by atoms with Gasteiger partial charge < -0.3 is 19.8 Å². The van der Waals surface area contributed by atoms with Crippen LogP contribution in [0.25, 0.3) is 43.5 Å². The van der Waals surface area contributed by atoms with Gasteiger partial charge in [0.15, 0.2) is 11.3 Å². The zero-order chi connectivity index (χ0) is 34.5. The molecule has 0 fully saturated rings. The van der Waals surface area contributed by atoms with Gasteiger partial charge in [0.25, 0.3) is 0 Å². The van der Waals surface area contributed by atoms with E-state index in [2.05, 4.69) is 29.9 Å². The largest absolute Gasteiger partial charge is 0.762 e. The number of carboxylic acids is 2. The van der Waals surface area contributed by atoms with Gasteiger partial charge in [0.05, 0.1) is 0 Å². The predicted molar refractivity (Wildman–Crippen MR) is 161 cm³/mol. The van der Waals surface area contributed by atoms with Crippen molar-refractivity contribution in [2.75, 3.05) is 0 Å². The summed E-state index contributed by atoms with van der Waals surface area (Å²) in [4.78, 5) is 43.6. The van der Waals surface area contributed by atoms with Crippen molar-refractivity contribution in [2.24, 2.45) is 0 Å². The molecule has 0 unspecified atom stereocenters. The van der Waals surface area contributed by atoms with Crippen LogP contribution in [0, 0.1) is 0 Å². The Bertz CT molecular complexity index is 1610. The number of carbonyl (C=O) groups excluding carboxylic acids is 2. The van der Waals surface area contributed by atoms with Crippen LogP contribution in [0.15, 0.2) is 84.1 Å². The van der Waals surface area contributed by atoms with E-state index in [9.17, 15) is 25.9 Å². The third kappa shape index (κ3) is 21.2. The number of thiazole rings is 2. The molecule has 0 atom stereocenters. The summed E-state index contributed by atoms with van der Waals surface area (Å²) >= 11 is 3.17. The van der Waals surface area contributed by atoms with Crippen LogP contribution in [0.5, 0.6) is 0 Å². The smallest absolute Gasteiger partial charge is 0.550 e. The fourth-order valence-electron chi connectivity index (χ4n) is 2.84. The maximum atomic E-state index is 9.67. The normalized spacial score (nSPS) is 8.83. The minimum Gasteiger partial charge on any atom is -0.550 e. The number of aliphatic carboxylic acids is 2. The number of carbonyl (C=O) groups is 2. The number of halogens is 6. The molecule has 0 saturated carbocycles. The number of hydrogen-bond donors (Lipinski definition) is 0. The summed E-state index contributed by atoms with van der Waals surface area (Å²) in [5.41, 5.74) is 3.31. The van der Waals surface area contributed by atoms with Crippen molar-refractivity contribution in [1.82, 2.24) is 29.9 Å². The van der Waals surface area contributed by atoms with Crippen LogP contribution in [0.3, 0.4) is 0 Å². The average Bonchev–Trinajstić information content (AvgIpc) is 3.72. The van der Waals surface area contributed by atoms with E-state index in [1.165, 1.54) is 0 Å². The van der Waals surface area contributed by atoms with Gasteiger partial charge in [-0.25, -0.2) is 29.9 Å². The van der Waals surface area contributed by atoms with Gasteiger partial charge in [-0.3, -0.25) is 25.9 Å². The van der Waals surface area contributed by atoms with E-state index < -0.39 is 27.0 Å². The third-order valence-electron chi connectivity index (χ3n) is 4.23. The molecule has 258 valence electrons. The van der Waals surface area contributed by atoms with Crippen LogP contribution in [-0.2, 0) is 48.5 Å². The molecule has 0 N–H and O–H groups in total. The Morgan fingerprint density at radius 1 is 0.583 bits per heavy atom. The van der Waals surface area contributed by atoms with E-state index >= 15 is 0 Å². The van der Waals surface area contributed by atoms with Gasteiger partial charge in [-0.1, -0.05) is 0 Å². The fourth-order valence-corrected chi connectivity index (χ4v) is 4.06. The predicted octanol–water partition coefficient (Wildman–Crippen LogP) is 4.77. The summed E-state index contributed by atoms with van der Waals surface area (Å²) in [7, 11) is -7.33. The van der Waals surface area contributed by atoms with Gasteiger partial charge in [-0.05, 0) is 62.4 Å². The van der Waals surface area contributed by atoms with Gasteiger partial charge >= 0.3 is 15.1 Å². The molecule has 0 aromatic carbocycles. The monoisotopic (exact) mass is 886 g/mol. The number of carboxylic acid groups (broad SMARTS) is 2. The molecular weight excluding hydrogens is 866 g/mol. The van der Waals surface area contributed by atoms with Crippen LogP contribution < -0.4 is 10.2 Å². The van der Waals surface area contributed by atoms with E-state index in [1.54, 1.807) is 47.5 Å². The second-order valence-electron chi connectivity index (χ2n) is 7.65. The molecule has 0 saturated heterocycles. The van der Waals surface area contributed by atoms with Crippen molar-refractivity contribution in [3.05, 3.63) is 84.1 Å². The first-order valence-electron chi connectivity index (χ1n) is 12.2. The van der Waals surface area contributed by atoms with Crippen molar-refractivity contribution in [3.8, 4) is 21.4 Å². The third-order valence-corrected chi connectivity index (χ3v) is 5.82. The van der Waals surface area contributed by atoms with Crippen LogP contribution in [0.4, 0.5) is 25.9 Å². The first kappa shape index (κ1) is 46.4. The standard InChI is InChI=1S/2C11H7N3S.2C2H4O2.2BF3.2Rh/c2*1-2-8-3-4-9(11-13-6-7-15-11)14-10(8)12-5-1;2*1-2(3)4;2*2-1(3)4;;/h2*1-7H;2*1H3,(H,3,4);;;;/p-2. The Morgan fingerprint density at radius 3 is 1.17 bits per heavy atom. The minimum absolute atomic E-state index is 0. The van der Waals surface area contributed by atoms with Crippen molar-refractivity contribution in [2.45, 2.75) is 13.8 Å². The molecule has 2 radical (unpaired) electrons. The second kappa shape index (κ2) is 26.3. The van der Waals surface area contributed by atoms with Gasteiger partial charge in [0.2, 0.25) is 0 Å². The second-order valence-corrected chi connectivity index (χ2v) is 9.43. The Morgan fingerprint density at radius 2 is 0.896 bits per heavy atom. The van der Waals surface area contributed by atoms with Gasteiger partial charge in [0.1, 0.15) is 21.4 Å². The summed E-state index contributed by atoms with van der Waals surface area (Å²) in [6.07, 6.45) is 7.07. The number of pyridine rings is 4. The van der Waals surface area contributed by atoms with Gasteiger partial charge in [-0.15, -0.1) is 22.7 Å². The molecule has 6 aromatic rings. The average molecular weight is 886 g/mol. The van der Waals surface area contributed by atoms with Crippen LogP contribution in [-0.4, -0.2) is 56.9 Å². The van der Waals surface area contributed by atoms with Crippen molar-refractivity contribution in [1.29, 1.82) is 0 Å². The Kier molecular flexibility index (Phi) is 25.4. The van der Waals surface area contributed by atoms with E-state index in [0.717, 1.165) is 57.3 Å². The molecule has 0 aliphatic rings. The summed E-state index contributed by atoms with van der Waals surface area (Å²) in [5, 5.41) is 25.6. The molecular formula is C26H20B2F6N6O4Rh2S2-2. The maximum absolute atomic E-state index is 9.67. The topological polar surface area (TPSA) is 158 Å². The summed E-state index contributed by atoms with van der Waals surface area (Å²) in [6.45, 7) is 1.94. The quantitative estimate of drug-likeness (QED) is 0.175. The zero-order valence-electron chi connectivity index (χ0n) is 24.3. The van der Waals surface area contributed by atoms with Crippen LogP contribution in [0.2, 0.25) is 0 Å². The Labute approximate surface area is 304 Å². The fraction of sp³-hybridized carbons (Fsp3) is 0.0769. The van der Waals surface area contributed by atoms with Crippen molar-refractivity contribution >= 4 is 71.8 Å². The molecule has 0 aliphatic carbocycles. The van der Waals surface area contributed by atoms with Crippen molar-refractivity contribution < 1.29 is 84.7 Å². The number of aromatic nitrogens is 6. The molecule has 0 aliphatic heterocycles. The van der Waals surface area contributed by atoms with E-state index in [-0.39, 0.29) is 39.0 Å².